The molecule has 6 rings (SSSR count). The fourth-order valence-corrected chi connectivity index (χ4v) is 10.3. The molecule has 6 heterocycles. The summed E-state index contributed by atoms with van der Waals surface area (Å²) < 4.78 is 69.4. The quantitative estimate of drug-likeness (QED) is 0.0427. The molecule has 2 amide bonds. The van der Waals surface area contributed by atoms with Gasteiger partial charge in [-0.25, -0.2) is 0 Å². The Balaban J connectivity index is 1.26. The largest absolute Gasteiger partial charge is 0.394 e. The number of carbonyl (C=O) groups excluding carboxylic acids is 2. The van der Waals surface area contributed by atoms with Crippen molar-refractivity contribution in [3.05, 3.63) is 0 Å². The average molecular weight is 1220 g/mol. The van der Waals surface area contributed by atoms with Crippen molar-refractivity contribution in [1.82, 2.24) is 10.6 Å². The molecule has 0 aromatic heterocycles. The van der Waals surface area contributed by atoms with E-state index in [1.807, 2.05) is 0 Å². The number of rotatable bonds is 24. The first-order valence-corrected chi connectivity index (χ1v) is 26.4. The summed E-state index contributed by atoms with van der Waals surface area (Å²) >= 11 is 0. The average Bonchev–Trinajstić information content (AvgIpc) is 3.64. The molecule has 0 radical (unpaired) electrons. The van der Waals surface area contributed by atoms with E-state index in [9.17, 15) is 117 Å². The van der Waals surface area contributed by atoms with Crippen LogP contribution < -0.4 is 10.6 Å². The Hall–Kier alpha value is -2.38. The monoisotopic (exact) mass is 1220 g/mol. The highest BCUT2D eigenvalue weighted by Crippen LogP contribution is 2.38. The number of ether oxygens (including phenoxy) is 12. The van der Waals surface area contributed by atoms with E-state index in [0.717, 1.165) is 13.8 Å². The van der Waals surface area contributed by atoms with Gasteiger partial charge < -0.3 is 175 Å². The molecule has 0 spiro atoms. The molecule has 83 heavy (non-hydrogen) atoms. The number of amides is 2. The lowest BCUT2D eigenvalue weighted by Crippen LogP contribution is -2.71. The molecule has 6 saturated heterocycles. The lowest BCUT2D eigenvalue weighted by molar-refractivity contribution is -0.391. The van der Waals surface area contributed by atoms with Crippen molar-refractivity contribution in [3.8, 4) is 0 Å². The number of nitrogens with one attached hydrogen (secondary N) is 2. The number of aliphatic hydroxyl groups is 21. The molecule has 6 aliphatic rings. The smallest absolute Gasteiger partial charge is 0.217 e. The first-order valence-electron chi connectivity index (χ1n) is 26.4. The third kappa shape index (κ3) is 15.6. The van der Waals surface area contributed by atoms with Crippen LogP contribution in [-0.2, 0) is 66.4 Å². The van der Waals surface area contributed by atoms with Gasteiger partial charge in [0.1, 0.15) is 165 Å². The van der Waals surface area contributed by atoms with Crippen LogP contribution in [0.2, 0.25) is 0 Å². The zero-order chi connectivity index (χ0) is 61.6. The van der Waals surface area contributed by atoms with Gasteiger partial charge in [0, 0.05) is 13.8 Å². The first kappa shape index (κ1) is 69.7. The summed E-state index contributed by atoms with van der Waals surface area (Å²) in [6, 6.07) is -3.71. The third-order valence-corrected chi connectivity index (χ3v) is 15.0. The van der Waals surface area contributed by atoms with E-state index in [0.29, 0.717) is 0 Å². The van der Waals surface area contributed by atoms with Crippen LogP contribution >= 0.6 is 0 Å². The Morgan fingerprint density at radius 2 is 0.783 bits per heavy atom. The van der Waals surface area contributed by atoms with Gasteiger partial charge >= 0.3 is 0 Å². The summed E-state index contributed by atoms with van der Waals surface area (Å²) in [6.45, 7) is -4.23. The van der Waals surface area contributed by atoms with E-state index >= 15 is 0 Å². The second-order valence-corrected chi connectivity index (χ2v) is 20.8. The van der Waals surface area contributed by atoms with Crippen molar-refractivity contribution < 1.29 is 174 Å². The summed E-state index contributed by atoms with van der Waals surface area (Å²) in [5.74, 6) is -1.81. The molecule has 37 heteroatoms. The second-order valence-electron chi connectivity index (χ2n) is 20.8. The van der Waals surface area contributed by atoms with E-state index in [2.05, 4.69) is 10.6 Å². The fraction of sp³-hybridized carbons (Fsp3) is 0.957. The van der Waals surface area contributed by atoms with Gasteiger partial charge in [0.15, 0.2) is 37.7 Å². The van der Waals surface area contributed by atoms with Crippen LogP contribution in [0.1, 0.15) is 20.8 Å². The standard InChI is InChI=1S/C46H80N2O35/c1-11-23(60)30(67)32(69)43(72-11)83-40-31(68)25(62)16(6-51)76-46(40)80-37-22(48-13(3)57)42(73-17(7-52)26(37)63)82-39-28(65)19(9-54)75-45(34(39)71)79-36-20(10-55)77-41(21(29(36)66)47-12(2)56)81-38-27(64)18(8-53)74-44(33(38)70)78-35(15(59)5-50)24(61)14(58)4-49/h11,14-46,49-55,58-71H,4-10H2,1-3H3,(H,47,56)(H,48,57)/t11-,14-,15+,16+,17+,18+,19+,20+,21+,22+,23+,24+,25-,26+,27-,28-,29+,30+,31-,32-,33+,34+,35+,36+,37+,38-,39-,40+,41-,42-,43-,44-,45-,46-/m0/s1. The van der Waals surface area contributed by atoms with Crippen molar-refractivity contribution in [1.29, 1.82) is 0 Å². The lowest BCUT2D eigenvalue weighted by atomic mass is 9.93. The predicted octanol–water partition coefficient (Wildman–Crippen LogP) is -15.3. The highest BCUT2D eigenvalue weighted by molar-refractivity contribution is 5.73. The van der Waals surface area contributed by atoms with Crippen LogP contribution in [0.5, 0.6) is 0 Å². The highest BCUT2D eigenvalue weighted by atomic mass is 16.8. The Labute approximate surface area is 471 Å². The van der Waals surface area contributed by atoms with Crippen molar-refractivity contribution in [3.63, 3.8) is 0 Å². The van der Waals surface area contributed by atoms with E-state index in [1.54, 1.807) is 0 Å². The van der Waals surface area contributed by atoms with Gasteiger partial charge in [-0.05, 0) is 6.92 Å². The Morgan fingerprint density at radius 1 is 0.386 bits per heavy atom. The molecule has 0 bridgehead atoms. The Morgan fingerprint density at radius 3 is 1.30 bits per heavy atom. The van der Waals surface area contributed by atoms with Crippen LogP contribution in [-0.4, -0.2) is 374 Å². The molecule has 37 nitrogen and oxygen atoms in total. The number of carbonyl (C=O) groups is 2. The minimum Gasteiger partial charge on any atom is -0.394 e. The number of hydrogen-bond acceptors (Lipinski definition) is 35. The van der Waals surface area contributed by atoms with Gasteiger partial charge in [0.25, 0.3) is 0 Å². The normalized spacial score (nSPS) is 46.8. The maximum atomic E-state index is 12.9. The van der Waals surface area contributed by atoms with Gasteiger partial charge in [-0.3, -0.25) is 9.59 Å². The van der Waals surface area contributed by atoms with Crippen LogP contribution in [0.25, 0.3) is 0 Å². The molecule has 6 aliphatic heterocycles. The maximum absolute atomic E-state index is 12.9. The summed E-state index contributed by atoms with van der Waals surface area (Å²) in [5, 5.41) is 230. The van der Waals surface area contributed by atoms with Crippen molar-refractivity contribution in [2.24, 2.45) is 0 Å². The summed E-state index contributed by atoms with van der Waals surface area (Å²) in [6.07, 6.45) is -62.9. The van der Waals surface area contributed by atoms with E-state index in [-0.39, 0.29) is 0 Å². The first-order chi connectivity index (χ1) is 39.2. The van der Waals surface area contributed by atoms with Crippen molar-refractivity contribution >= 4 is 11.8 Å². The SMILES string of the molecule is CC(=O)N[C@H]1[C@H](O[C@H]2[C@@H](O)[C@@H](CO)O[C@@H](O[C@@H]([C@H](O)[C@@H](O)CO)[C@H](O)CO)[C@@H]2O)O[C@H](CO)[C@@H](O[C@@H]2O[C@H](CO)[C@H](O)[C@H](O[C@@H]3O[C@H](CO)[C@@H](O)[C@H](O[C@@H]4O[C@H](CO)[C@H](O)[C@H](O)[C@H]4O[C@@H]4O[C@@H](C)[C@@H](O)[C@@H](O)[C@@H]4O)[C@H]3NC(C)=O)[C@H]2O)[C@@H]1O. The molecule has 0 saturated carbocycles. The van der Waals surface area contributed by atoms with Crippen LogP contribution in [0.15, 0.2) is 0 Å². The topological polar surface area (TPSA) is 594 Å². The van der Waals surface area contributed by atoms with Crippen LogP contribution in [0.4, 0.5) is 0 Å². The zero-order valence-corrected chi connectivity index (χ0v) is 44.7. The van der Waals surface area contributed by atoms with Gasteiger partial charge in [0.05, 0.1) is 52.4 Å². The molecule has 0 aromatic carbocycles. The van der Waals surface area contributed by atoms with Crippen molar-refractivity contribution in [2.75, 3.05) is 46.2 Å². The molecule has 484 valence electrons. The minimum atomic E-state index is -2.31. The third-order valence-electron chi connectivity index (χ3n) is 15.0. The number of hydrogen-bond donors (Lipinski definition) is 23. The van der Waals surface area contributed by atoms with Crippen LogP contribution in [0, 0.1) is 0 Å². The second kappa shape index (κ2) is 30.7. The molecule has 23 N–H and O–H groups in total. The van der Waals surface area contributed by atoms with Crippen molar-refractivity contribution in [2.45, 2.75) is 229 Å². The van der Waals surface area contributed by atoms with Crippen LogP contribution in [0.3, 0.4) is 0 Å². The van der Waals surface area contributed by atoms with Gasteiger partial charge in [-0.2, -0.15) is 0 Å². The van der Waals surface area contributed by atoms with Gasteiger partial charge in [-0.15, -0.1) is 0 Å². The Kier molecular flexibility index (Phi) is 25.8. The predicted molar refractivity (Wildman–Crippen MR) is 256 cm³/mol. The fourth-order valence-electron chi connectivity index (χ4n) is 10.3. The van der Waals surface area contributed by atoms with E-state index in [1.165, 1.54) is 6.92 Å². The molecule has 0 unspecified atom stereocenters. The van der Waals surface area contributed by atoms with Gasteiger partial charge in [-0.1, -0.05) is 0 Å². The molecule has 34 atom stereocenters. The Bertz CT molecular complexity index is 2000. The minimum absolute atomic E-state index is 0.903. The summed E-state index contributed by atoms with van der Waals surface area (Å²) in [7, 11) is 0. The molecular weight excluding hydrogens is 1140 g/mol. The molecule has 6 fully saturated rings. The maximum Gasteiger partial charge on any atom is 0.217 e. The highest BCUT2D eigenvalue weighted by Gasteiger charge is 2.59. The number of aliphatic hydroxyl groups excluding tert-OH is 21. The lowest BCUT2D eigenvalue weighted by Gasteiger charge is -2.51. The zero-order valence-electron chi connectivity index (χ0n) is 44.7. The van der Waals surface area contributed by atoms with E-state index in [4.69, 9.17) is 56.8 Å². The molecule has 0 aliphatic carbocycles. The summed E-state index contributed by atoms with van der Waals surface area (Å²) in [4.78, 5) is 25.6. The van der Waals surface area contributed by atoms with Gasteiger partial charge in [0.2, 0.25) is 11.8 Å². The molecule has 0 aromatic rings. The van der Waals surface area contributed by atoms with E-state index < -0.39 is 267 Å². The summed E-state index contributed by atoms with van der Waals surface area (Å²) in [5.41, 5.74) is 0. The molecular formula is C46H80N2O35.